The molecule has 2 aliphatic heterocycles. The summed E-state index contributed by atoms with van der Waals surface area (Å²) in [5.41, 5.74) is 0.548. The molecule has 3 rings (SSSR count). The zero-order valence-electron chi connectivity index (χ0n) is 13.7. The molecule has 1 unspecified atom stereocenters. The van der Waals surface area contributed by atoms with Crippen LogP contribution in [-0.4, -0.2) is 64.1 Å². The van der Waals surface area contributed by atoms with E-state index >= 15 is 0 Å². The molecule has 0 aromatic rings. The lowest BCUT2D eigenvalue weighted by molar-refractivity contribution is 0.0595. The van der Waals surface area contributed by atoms with Crippen LogP contribution in [-0.2, 0) is 9.47 Å². The molecule has 0 aromatic heterocycles. The van der Waals surface area contributed by atoms with Crippen LogP contribution in [0.4, 0.5) is 0 Å². The number of ether oxygens (including phenoxy) is 2. The van der Waals surface area contributed by atoms with Crippen LogP contribution in [0.1, 0.15) is 32.1 Å². The van der Waals surface area contributed by atoms with E-state index < -0.39 is 0 Å². The first kappa shape index (κ1) is 20.5. The lowest BCUT2D eigenvalue weighted by Gasteiger charge is -2.33. The molecular formula is C16H32Cl2N2O2. The third kappa shape index (κ3) is 5.50. The van der Waals surface area contributed by atoms with Crippen molar-refractivity contribution in [2.24, 2.45) is 11.3 Å². The van der Waals surface area contributed by atoms with Gasteiger partial charge >= 0.3 is 0 Å². The molecule has 2 saturated heterocycles. The fraction of sp³-hybridized carbons (Fsp3) is 1.00. The summed E-state index contributed by atoms with van der Waals surface area (Å²) >= 11 is 0. The standard InChI is InChI=1S/C16H30N2O2.2ClH/c1-19-9-8-18-13-16(4-6-17-7-5-16)10-15(18)12-20-11-14-2-3-14;;/h14-15,17H,2-13H2,1H3;2*1H. The van der Waals surface area contributed by atoms with Crippen LogP contribution in [0.3, 0.4) is 0 Å². The second kappa shape index (κ2) is 9.65. The summed E-state index contributed by atoms with van der Waals surface area (Å²) in [6.07, 6.45) is 6.75. The Hall–Kier alpha value is 0.420. The van der Waals surface area contributed by atoms with Crippen LogP contribution >= 0.6 is 24.8 Å². The van der Waals surface area contributed by atoms with Gasteiger partial charge in [-0.25, -0.2) is 0 Å². The van der Waals surface area contributed by atoms with E-state index in [1.807, 2.05) is 0 Å². The normalized spacial score (nSPS) is 27.4. The molecule has 3 fully saturated rings. The molecule has 132 valence electrons. The minimum absolute atomic E-state index is 0. The lowest BCUT2D eigenvalue weighted by atomic mass is 9.77. The van der Waals surface area contributed by atoms with E-state index in [2.05, 4.69) is 10.2 Å². The van der Waals surface area contributed by atoms with Gasteiger partial charge in [-0.05, 0) is 56.5 Å². The van der Waals surface area contributed by atoms with E-state index in [9.17, 15) is 0 Å². The van der Waals surface area contributed by atoms with Gasteiger partial charge in [0, 0.05) is 32.8 Å². The Kier molecular flexibility index (Phi) is 8.98. The van der Waals surface area contributed by atoms with Gasteiger partial charge in [-0.3, -0.25) is 4.90 Å². The zero-order chi connectivity index (χ0) is 13.8. The van der Waals surface area contributed by atoms with Crippen molar-refractivity contribution in [1.82, 2.24) is 10.2 Å². The molecule has 4 nitrogen and oxygen atoms in total. The summed E-state index contributed by atoms with van der Waals surface area (Å²) in [5, 5.41) is 3.50. The predicted molar refractivity (Wildman–Crippen MR) is 94.4 cm³/mol. The summed E-state index contributed by atoms with van der Waals surface area (Å²) in [4.78, 5) is 2.63. The first-order valence-corrected chi connectivity index (χ1v) is 8.33. The maximum atomic E-state index is 5.99. The van der Waals surface area contributed by atoms with Crippen LogP contribution in [0.25, 0.3) is 0 Å². The van der Waals surface area contributed by atoms with Crippen molar-refractivity contribution in [2.75, 3.05) is 53.1 Å². The highest BCUT2D eigenvalue weighted by molar-refractivity contribution is 5.85. The SMILES string of the molecule is COCCN1CC2(CCNCC2)CC1COCC1CC1.Cl.Cl. The average molecular weight is 355 g/mol. The fourth-order valence-corrected chi connectivity index (χ4v) is 3.86. The summed E-state index contributed by atoms with van der Waals surface area (Å²) < 4.78 is 11.3. The van der Waals surface area contributed by atoms with E-state index in [4.69, 9.17) is 9.47 Å². The summed E-state index contributed by atoms with van der Waals surface area (Å²) in [6, 6.07) is 0.613. The Morgan fingerprint density at radius 2 is 1.86 bits per heavy atom. The van der Waals surface area contributed by atoms with Gasteiger partial charge in [-0.2, -0.15) is 0 Å². The Balaban J connectivity index is 0.00000121. The highest BCUT2D eigenvalue weighted by Gasteiger charge is 2.44. The first-order chi connectivity index (χ1) is 9.81. The van der Waals surface area contributed by atoms with Crippen LogP contribution in [0.5, 0.6) is 0 Å². The Morgan fingerprint density at radius 1 is 1.14 bits per heavy atom. The molecular weight excluding hydrogens is 323 g/mol. The Labute approximate surface area is 147 Å². The molecule has 22 heavy (non-hydrogen) atoms. The predicted octanol–water partition coefficient (Wildman–Crippen LogP) is 2.35. The second-order valence-corrected chi connectivity index (χ2v) is 7.05. The third-order valence-electron chi connectivity index (χ3n) is 5.33. The molecule has 0 radical (unpaired) electrons. The summed E-state index contributed by atoms with van der Waals surface area (Å²) in [5.74, 6) is 0.872. The quantitative estimate of drug-likeness (QED) is 0.760. The zero-order valence-corrected chi connectivity index (χ0v) is 15.4. The molecule has 1 atom stereocenters. The van der Waals surface area contributed by atoms with Crippen molar-refractivity contribution in [1.29, 1.82) is 0 Å². The number of hydrogen-bond donors (Lipinski definition) is 1. The van der Waals surface area contributed by atoms with Gasteiger partial charge in [0.15, 0.2) is 0 Å². The highest BCUT2D eigenvalue weighted by atomic mass is 35.5. The first-order valence-electron chi connectivity index (χ1n) is 8.33. The van der Waals surface area contributed by atoms with Crippen molar-refractivity contribution in [3.8, 4) is 0 Å². The maximum absolute atomic E-state index is 5.99. The van der Waals surface area contributed by atoms with Gasteiger partial charge in [0.1, 0.15) is 0 Å². The van der Waals surface area contributed by atoms with Crippen LogP contribution in [0.2, 0.25) is 0 Å². The van der Waals surface area contributed by atoms with Crippen molar-refractivity contribution < 1.29 is 9.47 Å². The summed E-state index contributed by atoms with van der Waals surface area (Å²) in [7, 11) is 1.80. The number of hydrogen-bond acceptors (Lipinski definition) is 4. The monoisotopic (exact) mass is 354 g/mol. The average Bonchev–Trinajstić information content (AvgIpc) is 3.22. The number of nitrogens with one attached hydrogen (secondary N) is 1. The smallest absolute Gasteiger partial charge is 0.0622 e. The van der Waals surface area contributed by atoms with Gasteiger partial charge in [0.25, 0.3) is 0 Å². The van der Waals surface area contributed by atoms with Gasteiger partial charge in [-0.15, -0.1) is 24.8 Å². The minimum Gasteiger partial charge on any atom is -0.383 e. The molecule has 0 aromatic carbocycles. The van der Waals surface area contributed by atoms with Gasteiger partial charge < -0.3 is 14.8 Å². The maximum Gasteiger partial charge on any atom is 0.0622 e. The molecule has 1 N–H and O–H groups in total. The molecule has 2 heterocycles. The molecule has 1 spiro atoms. The van der Waals surface area contributed by atoms with E-state index in [0.29, 0.717) is 11.5 Å². The molecule has 0 bridgehead atoms. The second-order valence-electron chi connectivity index (χ2n) is 7.05. The van der Waals surface area contributed by atoms with E-state index in [0.717, 1.165) is 32.3 Å². The van der Waals surface area contributed by atoms with Crippen molar-refractivity contribution in [2.45, 2.75) is 38.1 Å². The number of rotatable bonds is 7. The topological polar surface area (TPSA) is 33.7 Å². The minimum atomic E-state index is 0. The van der Waals surface area contributed by atoms with E-state index in [1.54, 1.807) is 7.11 Å². The Morgan fingerprint density at radius 3 is 2.50 bits per heavy atom. The van der Waals surface area contributed by atoms with Crippen LogP contribution < -0.4 is 5.32 Å². The van der Waals surface area contributed by atoms with E-state index in [-0.39, 0.29) is 24.8 Å². The number of methoxy groups -OCH3 is 1. The molecule has 0 amide bonds. The number of piperidine rings is 1. The third-order valence-corrected chi connectivity index (χ3v) is 5.33. The largest absolute Gasteiger partial charge is 0.383 e. The fourth-order valence-electron chi connectivity index (χ4n) is 3.86. The number of likely N-dealkylation sites (tertiary alicyclic amines) is 1. The molecule has 6 heteroatoms. The lowest BCUT2D eigenvalue weighted by Crippen LogP contribution is -2.39. The van der Waals surface area contributed by atoms with Crippen LogP contribution in [0, 0.1) is 11.3 Å². The number of nitrogens with zero attached hydrogens (tertiary/aromatic N) is 1. The van der Waals surface area contributed by atoms with Crippen LogP contribution in [0.15, 0.2) is 0 Å². The highest BCUT2D eigenvalue weighted by Crippen LogP contribution is 2.42. The van der Waals surface area contributed by atoms with E-state index in [1.165, 1.54) is 51.7 Å². The Bertz CT molecular complexity index is 311. The van der Waals surface area contributed by atoms with Gasteiger partial charge in [0.05, 0.1) is 13.2 Å². The van der Waals surface area contributed by atoms with Crippen molar-refractivity contribution in [3.63, 3.8) is 0 Å². The molecule has 1 saturated carbocycles. The van der Waals surface area contributed by atoms with Crippen molar-refractivity contribution >= 4 is 24.8 Å². The molecule has 1 aliphatic carbocycles. The molecule has 3 aliphatic rings. The van der Waals surface area contributed by atoms with Gasteiger partial charge in [0.2, 0.25) is 0 Å². The van der Waals surface area contributed by atoms with Crippen molar-refractivity contribution in [3.05, 3.63) is 0 Å². The van der Waals surface area contributed by atoms with Gasteiger partial charge in [-0.1, -0.05) is 0 Å². The summed E-state index contributed by atoms with van der Waals surface area (Å²) in [6.45, 7) is 7.44. The number of halogens is 2.